The molecule has 1 amide bonds. The van der Waals surface area contributed by atoms with Crippen LogP contribution in [0.4, 0.5) is 0 Å². The predicted octanol–water partition coefficient (Wildman–Crippen LogP) is 5.72. The molecular formula is C23H19Cl2N3O2. The van der Waals surface area contributed by atoms with Gasteiger partial charge in [-0.15, -0.1) is 0 Å². The summed E-state index contributed by atoms with van der Waals surface area (Å²) in [7, 11) is 0. The summed E-state index contributed by atoms with van der Waals surface area (Å²) in [5, 5.41) is 2.97. The number of amides is 1. The van der Waals surface area contributed by atoms with E-state index in [4.69, 9.17) is 33.4 Å². The van der Waals surface area contributed by atoms with E-state index in [0.29, 0.717) is 11.3 Å². The fraction of sp³-hybridized carbons (Fsp3) is 0.0435. The van der Waals surface area contributed by atoms with Crippen molar-refractivity contribution in [1.29, 1.82) is 0 Å². The first-order valence-electron chi connectivity index (χ1n) is 8.96. The molecule has 3 rings (SSSR count). The van der Waals surface area contributed by atoms with Crippen molar-refractivity contribution < 1.29 is 9.21 Å². The molecule has 0 aliphatic heterocycles. The first-order chi connectivity index (χ1) is 14.4. The lowest BCUT2D eigenvalue weighted by molar-refractivity contribution is 0.0967. The maximum atomic E-state index is 12.6. The van der Waals surface area contributed by atoms with Crippen LogP contribution in [0.5, 0.6) is 0 Å². The number of nitrogens with one attached hydrogen (secondary N) is 1. The van der Waals surface area contributed by atoms with Gasteiger partial charge in [0.05, 0.1) is 22.0 Å². The van der Waals surface area contributed by atoms with Gasteiger partial charge in [-0.05, 0) is 47.9 Å². The van der Waals surface area contributed by atoms with Crippen LogP contribution in [0.25, 0.3) is 22.5 Å². The summed E-state index contributed by atoms with van der Waals surface area (Å²) in [5.74, 6) is 0.319. The molecule has 0 saturated heterocycles. The first-order valence-corrected chi connectivity index (χ1v) is 9.71. The number of hydrogen-bond acceptors (Lipinski definition) is 4. The molecule has 0 aliphatic rings. The summed E-state index contributed by atoms with van der Waals surface area (Å²) in [5.41, 5.74) is 10.1. The van der Waals surface area contributed by atoms with Crippen LogP contribution in [0, 0.1) is 6.92 Å². The van der Waals surface area contributed by atoms with Crippen LogP contribution >= 0.6 is 23.2 Å². The summed E-state index contributed by atoms with van der Waals surface area (Å²) in [6, 6.07) is 13.2. The van der Waals surface area contributed by atoms with Crippen LogP contribution in [0.1, 0.15) is 15.9 Å². The Hall–Kier alpha value is -3.28. The topological polar surface area (TPSA) is 81.2 Å². The molecule has 2 aromatic carbocycles. The number of allylic oxidation sites excluding steroid dienone is 3. The Kier molecular flexibility index (Phi) is 6.77. The van der Waals surface area contributed by atoms with Crippen molar-refractivity contribution in [2.45, 2.75) is 6.92 Å². The Balaban J connectivity index is 1.87. The molecule has 0 fully saturated rings. The third-order valence-corrected chi connectivity index (χ3v) is 5.11. The van der Waals surface area contributed by atoms with Crippen molar-refractivity contribution in [3.8, 4) is 22.5 Å². The van der Waals surface area contributed by atoms with Crippen molar-refractivity contribution >= 4 is 29.1 Å². The van der Waals surface area contributed by atoms with Gasteiger partial charge in [-0.3, -0.25) is 4.79 Å². The molecule has 30 heavy (non-hydrogen) atoms. The van der Waals surface area contributed by atoms with Crippen LogP contribution in [-0.4, -0.2) is 10.9 Å². The number of aromatic nitrogens is 1. The van der Waals surface area contributed by atoms with Crippen LogP contribution in [0.2, 0.25) is 0 Å². The molecule has 0 radical (unpaired) electrons. The number of nitrogens with two attached hydrogens (primary N) is 1. The SMILES string of the molecule is C=C/C(Cl)=C(NC(=O)c1ccc(-c2cc(-c3cnco3)ccc2C)cc1)\C(Cl)=C/N. The maximum absolute atomic E-state index is 12.6. The second kappa shape index (κ2) is 9.48. The van der Waals surface area contributed by atoms with E-state index < -0.39 is 0 Å². The van der Waals surface area contributed by atoms with Crippen molar-refractivity contribution in [3.05, 3.63) is 101 Å². The number of halogens is 2. The Labute approximate surface area is 184 Å². The van der Waals surface area contributed by atoms with Gasteiger partial charge in [-0.2, -0.15) is 0 Å². The molecule has 0 bridgehead atoms. The predicted molar refractivity (Wildman–Crippen MR) is 121 cm³/mol. The zero-order valence-electron chi connectivity index (χ0n) is 16.2. The average molecular weight is 440 g/mol. The van der Waals surface area contributed by atoms with Gasteiger partial charge >= 0.3 is 0 Å². The minimum Gasteiger partial charge on any atom is -0.444 e. The van der Waals surface area contributed by atoms with Gasteiger partial charge < -0.3 is 15.5 Å². The minimum atomic E-state index is -0.372. The second-order valence-electron chi connectivity index (χ2n) is 6.37. The number of carbonyl (C=O) groups excluding carboxylic acids is 1. The van der Waals surface area contributed by atoms with E-state index in [9.17, 15) is 4.79 Å². The fourth-order valence-electron chi connectivity index (χ4n) is 2.85. The zero-order chi connectivity index (χ0) is 21.7. The van der Waals surface area contributed by atoms with Gasteiger partial charge in [0, 0.05) is 17.3 Å². The molecule has 0 spiro atoms. The van der Waals surface area contributed by atoms with Crippen LogP contribution < -0.4 is 11.1 Å². The molecule has 7 heteroatoms. The van der Waals surface area contributed by atoms with Gasteiger partial charge in [-0.1, -0.05) is 54.0 Å². The normalized spacial score (nSPS) is 12.3. The summed E-state index contributed by atoms with van der Waals surface area (Å²) in [6.45, 7) is 5.60. The first kappa shape index (κ1) is 21.4. The quantitative estimate of drug-likeness (QED) is 0.481. The van der Waals surface area contributed by atoms with Gasteiger partial charge in [0.15, 0.2) is 12.2 Å². The van der Waals surface area contributed by atoms with Gasteiger partial charge in [-0.25, -0.2) is 4.98 Å². The van der Waals surface area contributed by atoms with Crippen LogP contribution in [0.3, 0.4) is 0 Å². The Morgan fingerprint density at radius 1 is 1.17 bits per heavy atom. The molecule has 152 valence electrons. The van der Waals surface area contributed by atoms with E-state index in [0.717, 1.165) is 28.5 Å². The highest BCUT2D eigenvalue weighted by Crippen LogP contribution is 2.29. The molecule has 1 heterocycles. The zero-order valence-corrected chi connectivity index (χ0v) is 17.7. The molecule has 3 aromatic rings. The van der Waals surface area contributed by atoms with Crippen molar-refractivity contribution in [2.75, 3.05) is 0 Å². The van der Waals surface area contributed by atoms with E-state index in [1.165, 1.54) is 12.5 Å². The molecule has 0 saturated carbocycles. The Morgan fingerprint density at radius 3 is 2.47 bits per heavy atom. The highest BCUT2D eigenvalue weighted by molar-refractivity contribution is 6.36. The molecule has 0 atom stereocenters. The maximum Gasteiger partial charge on any atom is 0.255 e. The van der Waals surface area contributed by atoms with Crippen molar-refractivity contribution in [2.24, 2.45) is 5.73 Å². The lowest BCUT2D eigenvalue weighted by Gasteiger charge is -2.12. The lowest BCUT2D eigenvalue weighted by Crippen LogP contribution is -2.24. The van der Waals surface area contributed by atoms with E-state index in [2.05, 4.69) is 16.9 Å². The number of hydrogen-bond donors (Lipinski definition) is 2. The number of aryl methyl sites for hydroxylation is 1. The third-order valence-electron chi connectivity index (χ3n) is 4.45. The smallest absolute Gasteiger partial charge is 0.255 e. The molecule has 0 aliphatic carbocycles. The highest BCUT2D eigenvalue weighted by Gasteiger charge is 2.14. The molecule has 5 nitrogen and oxygen atoms in total. The summed E-state index contributed by atoms with van der Waals surface area (Å²) in [6.07, 6.45) is 5.59. The van der Waals surface area contributed by atoms with Gasteiger partial charge in [0.1, 0.15) is 0 Å². The number of benzene rings is 2. The summed E-state index contributed by atoms with van der Waals surface area (Å²) >= 11 is 12.1. The standard InChI is InChI=1S/C23H19Cl2N3O2/c1-3-19(24)22(20(25)11-26)28-23(29)16-8-6-15(7-9-16)18-10-17(5-4-14(18)2)21-12-27-13-30-21/h3-13H,1,26H2,2H3,(H,28,29)/b20-11+,22-19-. The minimum absolute atomic E-state index is 0.115. The molecule has 1 aromatic heterocycles. The van der Waals surface area contributed by atoms with Crippen LogP contribution in [-0.2, 0) is 0 Å². The van der Waals surface area contributed by atoms with E-state index >= 15 is 0 Å². The number of oxazole rings is 1. The number of rotatable bonds is 6. The number of carbonyl (C=O) groups is 1. The molecule has 3 N–H and O–H groups in total. The molecule has 0 unspecified atom stereocenters. The van der Waals surface area contributed by atoms with Crippen LogP contribution in [0.15, 0.2) is 94.1 Å². The van der Waals surface area contributed by atoms with Crippen molar-refractivity contribution in [1.82, 2.24) is 10.3 Å². The van der Waals surface area contributed by atoms with E-state index in [1.54, 1.807) is 18.3 Å². The van der Waals surface area contributed by atoms with Crippen molar-refractivity contribution in [3.63, 3.8) is 0 Å². The Morgan fingerprint density at radius 2 is 1.87 bits per heavy atom. The largest absolute Gasteiger partial charge is 0.444 e. The fourth-order valence-corrected chi connectivity index (χ4v) is 3.20. The van der Waals surface area contributed by atoms with E-state index in [1.807, 2.05) is 37.3 Å². The highest BCUT2D eigenvalue weighted by atomic mass is 35.5. The third kappa shape index (κ3) is 4.64. The van der Waals surface area contributed by atoms with Gasteiger partial charge in [0.2, 0.25) is 0 Å². The lowest BCUT2D eigenvalue weighted by atomic mass is 9.96. The average Bonchev–Trinajstić information content (AvgIpc) is 3.31. The second-order valence-corrected chi connectivity index (χ2v) is 7.18. The molecular weight excluding hydrogens is 421 g/mol. The van der Waals surface area contributed by atoms with E-state index in [-0.39, 0.29) is 21.7 Å². The van der Waals surface area contributed by atoms with Gasteiger partial charge in [0.25, 0.3) is 5.91 Å². The summed E-state index contributed by atoms with van der Waals surface area (Å²) < 4.78 is 5.38. The Bertz CT molecular complexity index is 1130. The summed E-state index contributed by atoms with van der Waals surface area (Å²) in [4.78, 5) is 16.6. The number of nitrogens with zero attached hydrogens (tertiary/aromatic N) is 1. The monoisotopic (exact) mass is 439 g/mol.